The van der Waals surface area contributed by atoms with Gasteiger partial charge < -0.3 is 11.5 Å². The van der Waals surface area contributed by atoms with Crippen LogP contribution in [0.3, 0.4) is 0 Å². The molecule has 0 saturated carbocycles. The van der Waals surface area contributed by atoms with Crippen LogP contribution in [0.25, 0.3) is 10.8 Å². The van der Waals surface area contributed by atoms with Gasteiger partial charge in [0.05, 0.1) is 33.3 Å². The zero-order valence-electron chi connectivity index (χ0n) is 21.7. The molecule has 0 heterocycles. The first kappa shape index (κ1) is 33.2. The average molecular weight is 644 g/mol. The molecule has 0 unspecified atom stereocenters. The van der Waals surface area contributed by atoms with Crippen molar-refractivity contribution in [1.29, 1.82) is 0 Å². The minimum Gasteiger partial charge on any atom is -0.398 e. The van der Waals surface area contributed by atoms with E-state index in [1.807, 2.05) is 0 Å². The predicted octanol–water partition coefficient (Wildman–Crippen LogP) is 1.89. The van der Waals surface area contributed by atoms with E-state index in [0.717, 1.165) is 18.2 Å². The van der Waals surface area contributed by atoms with Gasteiger partial charge in [0.25, 0.3) is 30.4 Å². The summed E-state index contributed by atoms with van der Waals surface area (Å²) >= 11 is 0. The van der Waals surface area contributed by atoms with E-state index in [-0.39, 0.29) is 63.1 Å². The van der Waals surface area contributed by atoms with E-state index >= 15 is 0 Å². The van der Waals surface area contributed by atoms with Crippen LogP contribution in [0.15, 0.2) is 95.8 Å². The van der Waals surface area contributed by atoms with Gasteiger partial charge in [0.1, 0.15) is 15.5 Å². The van der Waals surface area contributed by atoms with E-state index in [1.165, 1.54) is 24.3 Å². The van der Waals surface area contributed by atoms with Crippen LogP contribution < -0.4 is 41.0 Å². The minimum atomic E-state index is -4.87. The molecule has 7 N–H and O–H groups in total. The van der Waals surface area contributed by atoms with Crippen molar-refractivity contribution in [3.8, 4) is 0 Å². The summed E-state index contributed by atoms with van der Waals surface area (Å²) in [6.45, 7) is 1.69. The van der Waals surface area contributed by atoms with Crippen LogP contribution in [0.4, 0.5) is 34.1 Å². The smallest absolute Gasteiger partial charge is 0.398 e. The van der Waals surface area contributed by atoms with Crippen molar-refractivity contribution >= 4 is 75.3 Å². The molecule has 0 amide bonds. The Morgan fingerprint density at radius 2 is 1.17 bits per heavy atom. The molecule has 0 atom stereocenters. The number of nitrogen functional groups attached to an aromatic ring is 2. The zero-order chi connectivity index (χ0) is 30.3. The van der Waals surface area contributed by atoms with Crippen LogP contribution in [0, 0.1) is 6.92 Å². The second-order valence-electron chi connectivity index (χ2n) is 8.57. The van der Waals surface area contributed by atoms with E-state index in [9.17, 15) is 38.9 Å². The second kappa shape index (κ2) is 12.1. The van der Waals surface area contributed by atoms with Gasteiger partial charge in [-0.2, -0.15) is 40.6 Å². The van der Waals surface area contributed by atoms with Gasteiger partial charge in [0, 0.05) is 5.39 Å². The number of hydrogen-bond donors (Lipinski definition) is 5. The molecular formula is C23H20N6NaO9S3+. The number of fused-ring (bicyclic) bond motifs is 1. The largest absolute Gasteiger partial charge is 1.00 e. The summed E-state index contributed by atoms with van der Waals surface area (Å²) in [6.07, 6.45) is 0. The summed E-state index contributed by atoms with van der Waals surface area (Å²) in [5, 5.41) is 16.2. The fraction of sp³-hybridized carbons (Fsp3) is 0.0435. The zero-order valence-corrected chi connectivity index (χ0v) is 26.2. The molecule has 15 nitrogen and oxygen atoms in total. The van der Waals surface area contributed by atoms with Crippen molar-refractivity contribution in [1.82, 2.24) is 0 Å². The van der Waals surface area contributed by atoms with Gasteiger partial charge in [-0.1, -0.05) is 6.07 Å². The molecule has 0 aliphatic carbocycles. The van der Waals surface area contributed by atoms with Crippen LogP contribution in [-0.2, 0) is 30.4 Å². The van der Waals surface area contributed by atoms with E-state index < -0.39 is 45.0 Å². The molecule has 42 heavy (non-hydrogen) atoms. The molecule has 0 bridgehead atoms. The van der Waals surface area contributed by atoms with Gasteiger partial charge in [0.15, 0.2) is 0 Å². The minimum absolute atomic E-state index is 0. The summed E-state index contributed by atoms with van der Waals surface area (Å²) in [4.78, 5) is -2.02. The molecule has 0 fully saturated rings. The topological polar surface area (TPSA) is 265 Å². The van der Waals surface area contributed by atoms with Crippen molar-refractivity contribution < 1.29 is 68.5 Å². The van der Waals surface area contributed by atoms with Gasteiger partial charge in [-0.3, -0.25) is 13.7 Å². The molecule has 4 rings (SSSR count). The quantitative estimate of drug-likeness (QED) is 0.0840. The van der Waals surface area contributed by atoms with E-state index in [1.54, 1.807) is 19.1 Å². The van der Waals surface area contributed by atoms with Crippen LogP contribution in [0.2, 0.25) is 0 Å². The first-order chi connectivity index (χ1) is 18.9. The normalized spacial score (nSPS) is 12.7. The van der Waals surface area contributed by atoms with Crippen LogP contribution >= 0.6 is 0 Å². The van der Waals surface area contributed by atoms with Gasteiger partial charge in [-0.05, 0) is 72.5 Å². The number of benzene rings is 4. The molecule has 0 aromatic heterocycles. The summed E-state index contributed by atoms with van der Waals surface area (Å²) in [5.74, 6) is 0. The number of anilines is 2. The molecule has 4 aromatic rings. The third-order valence-corrected chi connectivity index (χ3v) is 8.25. The first-order valence-electron chi connectivity index (χ1n) is 11.1. The molecule has 0 aliphatic rings. The third-order valence-electron chi connectivity index (χ3n) is 5.61. The van der Waals surface area contributed by atoms with Crippen molar-refractivity contribution in [3.05, 3.63) is 66.2 Å². The molecule has 214 valence electrons. The fourth-order valence-corrected chi connectivity index (χ4v) is 5.63. The van der Waals surface area contributed by atoms with E-state index in [2.05, 4.69) is 20.5 Å². The SMILES string of the molecule is Cc1cc(N=Nc2cc(S(=O)(=O)O)c(N)cc2N)ccc1N=Nc1ccc2cc(S(=O)(=O)O)cc(S(=O)(=O)O)c2c1.[Na+]. The van der Waals surface area contributed by atoms with Gasteiger partial charge >= 0.3 is 29.6 Å². The Hall–Kier alpha value is -3.33. The van der Waals surface area contributed by atoms with Crippen molar-refractivity contribution in [2.24, 2.45) is 20.5 Å². The maximum atomic E-state index is 11.9. The molecule has 4 aromatic carbocycles. The Kier molecular flexibility index (Phi) is 9.57. The third kappa shape index (κ3) is 7.54. The van der Waals surface area contributed by atoms with Crippen molar-refractivity contribution in [2.45, 2.75) is 21.6 Å². The van der Waals surface area contributed by atoms with Gasteiger partial charge in [-0.25, -0.2) is 0 Å². The van der Waals surface area contributed by atoms with Crippen molar-refractivity contribution in [2.75, 3.05) is 11.5 Å². The standard InChI is InChI=1S/C23H20N6O9S3.Na/c1-12-6-14(26-29-21-11-23(41(36,37)38)19(25)10-18(21)24)4-5-20(12)28-27-15-3-2-13-7-16(39(30,31)32)9-22(17(13)8-15)40(33,34)35;/h2-11H,24-25H2,1H3,(H,30,31,32)(H,33,34,35)(H,36,37,38);/q;+1. The van der Waals surface area contributed by atoms with Gasteiger partial charge in [-0.15, -0.1) is 5.11 Å². The van der Waals surface area contributed by atoms with Gasteiger partial charge in [0.2, 0.25) is 0 Å². The van der Waals surface area contributed by atoms with Crippen LogP contribution in [0.1, 0.15) is 5.56 Å². The maximum Gasteiger partial charge on any atom is 1.00 e. The number of hydrogen-bond acceptors (Lipinski definition) is 12. The van der Waals surface area contributed by atoms with E-state index in [0.29, 0.717) is 23.0 Å². The van der Waals surface area contributed by atoms with Crippen molar-refractivity contribution in [3.63, 3.8) is 0 Å². The fourth-order valence-electron chi connectivity index (χ4n) is 3.66. The monoisotopic (exact) mass is 643 g/mol. The molecule has 0 radical (unpaired) electrons. The predicted molar refractivity (Wildman–Crippen MR) is 148 cm³/mol. The Morgan fingerprint density at radius 1 is 0.595 bits per heavy atom. The number of azo groups is 2. The molecule has 19 heteroatoms. The summed E-state index contributed by atoms with van der Waals surface area (Å²) in [6, 6.07) is 12.5. The summed E-state index contributed by atoms with van der Waals surface area (Å²) in [7, 11) is -14.2. The number of aryl methyl sites for hydroxylation is 1. The number of rotatable bonds is 7. The molecule has 0 aliphatic heterocycles. The summed E-state index contributed by atoms with van der Waals surface area (Å²) in [5.41, 5.74) is 12.6. The molecular weight excluding hydrogens is 623 g/mol. The average Bonchev–Trinajstić information content (AvgIpc) is 2.85. The Bertz CT molecular complexity index is 2120. The van der Waals surface area contributed by atoms with E-state index in [4.69, 9.17) is 11.5 Å². The maximum absolute atomic E-state index is 11.9. The summed E-state index contributed by atoms with van der Waals surface area (Å²) < 4.78 is 98.0. The second-order valence-corrected chi connectivity index (χ2v) is 12.8. The van der Waals surface area contributed by atoms with Crippen LogP contribution in [0.5, 0.6) is 0 Å². The number of nitrogens with zero attached hydrogens (tertiary/aromatic N) is 4. The Labute approximate surface area is 261 Å². The first-order valence-corrected chi connectivity index (χ1v) is 15.4. The van der Waals surface area contributed by atoms with Crippen LogP contribution in [-0.4, -0.2) is 38.9 Å². The number of nitrogens with two attached hydrogens (primary N) is 2. The Morgan fingerprint density at radius 3 is 1.74 bits per heavy atom. The molecule has 0 saturated heterocycles. The Balaban J connectivity index is 0.00000484. The molecule has 0 spiro atoms.